The van der Waals surface area contributed by atoms with E-state index in [1.807, 2.05) is 0 Å². The van der Waals surface area contributed by atoms with E-state index in [-0.39, 0.29) is 0 Å². The van der Waals surface area contributed by atoms with Gasteiger partial charge in [0.2, 0.25) is 0 Å². The summed E-state index contributed by atoms with van der Waals surface area (Å²) < 4.78 is 39.0. The van der Waals surface area contributed by atoms with Crippen molar-refractivity contribution in [3.05, 3.63) is 58.1 Å². The second-order valence-corrected chi connectivity index (χ2v) is 4.96. The van der Waals surface area contributed by atoms with Gasteiger partial charge in [-0.3, -0.25) is 0 Å². The molecule has 110 valence electrons. The Kier molecular flexibility index (Phi) is 3.96. The fraction of sp³-hybridized carbons (Fsp3) is 0.133. The number of halogens is 4. The Labute approximate surface area is 123 Å². The highest BCUT2D eigenvalue weighted by molar-refractivity contribution is 6.30. The molecule has 0 amide bonds. The first kappa shape index (κ1) is 15.4. The molecule has 0 saturated carbocycles. The van der Waals surface area contributed by atoms with Crippen LogP contribution in [0.4, 0.5) is 13.2 Å². The van der Waals surface area contributed by atoms with E-state index >= 15 is 0 Å². The van der Waals surface area contributed by atoms with E-state index in [1.54, 1.807) is 25.1 Å². The maximum atomic E-state index is 13.0. The molecule has 2 nitrogen and oxygen atoms in total. The van der Waals surface area contributed by atoms with Gasteiger partial charge < -0.3 is 5.11 Å². The van der Waals surface area contributed by atoms with Crippen LogP contribution in [0.3, 0.4) is 0 Å². The van der Waals surface area contributed by atoms with Crippen LogP contribution in [0.1, 0.15) is 21.5 Å². The summed E-state index contributed by atoms with van der Waals surface area (Å²) in [7, 11) is 0. The quantitative estimate of drug-likeness (QED) is 0.844. The number of hydrogen-bond donors (Lipinski definition) is 1. The molecule has 0 radical (unpaired) electrons. The summed E-state index contributed by atoms with van der Waals surface area (Å²) >= 11 is 5.82. The second kappa shape index (κ2) is 5.41. The van der Waals surface area contributed by atoms with Gasteiger partial charge in [-0.25, -0.2) is 4.79 Å². The molecular weight excluding hydrogens is 305 g/mol. The molecule has 0 unspecified atom stereocenters. The van der Waals surface area contributed by atoms with Crippen LogP contribution in [0.15, 0.2) is 36.4 Å². The lowest BCUT2D eigenvalue weighted by molar-refractivity contribution is -0.138. The summed E-state index contributed by atoms with van der Waals surface area (Å²) in [4.78, 5) is 10.9. The molecule has 0 bridgehead atoms. The maximum Gasteiger partial charge on any atom is 0.417 e. The summed E-state index contributed by atoms with van der Waals surface area (Å²) in [5.41, 5.74) is -0.359. The van der Waals surface area contributed by atoms with Gasteiger partial charge in [-0.05, 0) is 47.9 Å². The largest absolute Gasteiger partial charge is 0.478 e. The van der Waals surface area contributed by atoms with Gasteiger partial charge in [0, 0.05) is 5.02 Å². The highest BCUT2D eigenvalue weighted by Crippen LogP contribution is 2.36. The average molecular weight is 315 g/mol. The van der Waals surface area contributed by atoms with Crippen molar-refractivity contribution < 1.29 is 23.1 Å². The minimum Gasteiger partial charge on any atom is -0.478 e. The molecule has 0 spiro atoms. The van der Waals surface area contributed by atoms with E-state index in [9.17, 15) is 18.0 Å². The van der Waals surface area contributed by atoms with Crippen LogP contribution in [0.5, 0.6) is 0 Å². The van der Waals surface area contributed by atoms with E-state index in [4.69, 9.17) is 16.7 Å². The zero-order valence-electron chi connectivity index (χ0n) is 10.8. The van der Waals surface area contributed by atoms with Crippen LogP contribution < -0.4 is 0 Å². The molecule has 0 atom stereocenters. The van der Waals surface area contributed by atoms with E-state index in [1.165, 1.54) is 6.07 Å². The number of benzene rings is 2. The van der Waals surface area contributed by atoms with Crippen LogP contribution >= 0.6 is 11.6 Å². The number of hydrogen-bond acceptors (Lipinski definition) is 1. The first-order valence-corrected chi connectivity index (χ1v) is 6.29. The van der Waals surface area contributed by atoms with E-state index in [2.05, 4.69) is 0 Å². The summed E-state index contributed by atoms with van der Waals surface area (Å²) in [5.74, 6) is -1.61. The molecule has 0 fully saturated rings. The molecule has 21 heavy (non-hydrogen) atoms. The summed E-state index contributed by atoms with van der Waals surface area (Å²) in [6, 6.07) is 7.98. The number of aromatic carboxylic acids is 1. The minimum atomic E-state index is -4.73. The molecule has 0 aromatic heterocycles. The van der Waals surface area contributed by atoms with Gasteiger partial charge in [0.05, 0.1) is 11.1 Å². The molecule has 6 heteroatoms. The number of rotatable bonds is 2. The molecule has 1 N–H and O–H groups in total. The predicted octanol–water partition coefficient (Wildman–Crippen LogP) is 5.03. The van der Waals surface area contributed by atoms with E-state index in [0.717, 1.165) is 12.1 Å². The molecule has 0 aliphatic carbocycles. The smallest absolute Gasteiger partial charge is 0.417 e. The SMILES string of the molecule is Cc1cc(Cl)ccc1-c1ccc(C(=O)O)c(C(F)(F)F)c1. The molecule has 2 aromatic carbocycles. The second-order valence-electron chi connectivity index (χ2n) is 4.52. The highest BCUT2D eigenvalue weighted by Gasteiger charge is 2.35. The number of carboxylic acid groups (broad SMARTS) is 1. The third kappa shape index (κ3) is 3.19. The van der Waals surface area contributed by atoms with Crippen molar-refractivity contribution in [3.63, 3.8) is 0 Å². The standard InChI is InChI=1S/C15H10ClF3O2/c1-8-6-10(16)3-5-11(8)9-2-4-12(14(20)21)13(7-9)15(17,18)19/h2-7H,1H3,(H,20,21). The zero-order chi connectivity index (χ0) is 15.8. The van der Waals surface area contributed by atoms with E-state index in [0.29, 0.717) is 21.7 Å². The third-order valence-electron chi connectivity index (χ3n) is 3.05. The summed E-state index contributed by atoms with van der Waals surface area (Å²) in [6.07, 6.45) is -4.73. The van der Waals surface area contributed by atoms with Crippen molar-refractivity contribution in [3.8, 4) is 11.1 Å². The first-order valence-electron chi connectivity index (χ1n) is 5.91. The van der Waals surface area contributed by atoms with Gasteiger partial charge in [0.1, 0.15) is 0 Å². The lowest BCUT2D eigenvalue weighted by Gasteiger charge is -2.13. The number of alkyl halides is 3. The Hall–Kier alpha value is -2.01. The van der Waals surface area contributed by atoms with Crippen LogP contribution in [-0.4, -0.2) is 11.1 Å². The van der Waals surface area contributed by atoms with Crippen LogP contribution in [0.25, 0.3) is 11.1 Å². The van der Waals surface area contributed by atoms with Crippen LogP contribution in [-0.2, 0) is 6.18 Å². The Morgan fingerprint density at radius 3 is 2.33 bits per heavy atom. The Bertz CT molecular complexity index is 709. The third-order valence-corrected chi connectivity index (χ3v) is 3.29. The first-order chi connectivity index (χ1) is 9.70. The Balaban J connectivity index is 2.64. The van der Waals surface area contributed by atoms with Crippen LogP contribution in [0.2, 0.25) is 5.02 Å². The monoisotopic (exact) mass is 314 g/mol. The lowest BCUT2D eigenvalue weighted by atomic mass is 9.96. The highest BCUT2D eigenvalue weighted by atomic mass is 35.5. The van der Waals surface area contributed by atoms with Gasteiger partial charge in [-0.15, -0.1) is 0 Å². The Morgan fingerprint density at radius 2 is 1.81 bits per heavy atom. The van der Waals surface area contributed by atoms with E-state index < -0.39 is 23.3 Å². The summed E-state index contributed by atoms with van der Waals surface area (Å²) in [6.45, 7) is 1.72. The summed E-state index contributed by atoms with van der Waals surface area (Å²) in [5, 5.41) is 9.34. The average Bonchev–Trinajstić information content (AvgIpc) is 2.37. The number of aryl methyl sites for hydroxylation is 1. The fourth-order valence-electron chi connectivity index (χ4n) is 2.08. The Morgan fingerprint density at radius 1 is 1.14 bits per heavy atom. The normalized spacial score (nSPS) is 11.5. The molecular formula is C15H10ClF3O2. The number of carboxylic acids is 1. The van der Waals surface area contributed by atoms with Crippen molar-refractivity contribution in [1.29, 1.82) is 0 Å². The lowest BCUT2D eigenvalue weighted by Crippen LogP contribution is -2.13. The van der Waals surface area contributed by atoms with Crippen molar-refractivity contribution in [2.24, 2.45) is 0 Å². The topological polar surface area (TPSA) is 37.3 Å². The number of carbonyl (C=O) groups is 1. The van der Waals surface area contributed by atoms with Gasteiger partial charge in [0.15, 0.2) is 0 Å². The zero-order valence-corrected chi connectivity index (χ0v) is 11.6. The van der Waals surface area contributed by atoms with Gasteiger partial charge in [-0.2, -0.15) is 13.2 Å². The van der Waals surface area contributed by atoms with Gasteiger partial charge >= 0.3 is 12.1 Å². The van der Waals surface area contributed by atoms with Gasteiger partial charge in [-0.1, -0.05) is 23.7 Å². The van der Waals surface area contributed by atoms with Crippen molar-refractivity contribution in [2.75, 3.05) is 0 Å². The molecule has 0 aliphatic heterocycles. The van der Waals surface area contributed by atoms with Crippen molar-refractivity contribution in [2.45, 2.75) is 13.1 Å². The predicted molar refractivity (Wildman–Crippen MR) is 73.6 cm³/mol. The minimum absolute atomic E-state index is 0.293. The molecule has 0 saturated heterocycles. The molecule has 0 heterocycles. The van der Waals surface area contributed by atoms with Crippen molar-refractivity contribution >= 4 is 17.6 Å². The maximum absolute atomic E-state index is 13.0. The van der Waals surface area contributed by atoms with Crippen LogP contribution in [0, 0.1) is 6.92 Å². The van der Waals surface area contributed by atoms with Gasteiger partial charge in [0.25, 0.3) is 0 Å². The van der Waals surface area contributed by atoms with Crippen molar-refractivity contribution in [1.82, 2.24) is 0 Å². The molecule has 0 aliphatic rings. The molecule has 2 rings (SSSR count). The fourth-order valence-corrected chi connectivity index (χ4v) is 2.31. The molecule has 2 aromatic rings.